The third-order valence-corrected chi connectivity index (χ3v) is 5.41. The van der Waals surface area contributed by atoms with Gasteiger partial charge in [0, 0.05) is 18.1 Å². The maximum Gasteiger partial charge on any atom is 0.243 e. The molecule has 1 aromatic carbocycles. The van der Waals surface area contributed by atoms with Crippen molar-refractivity contribution in [2.75, 3.05) is 13.1 Å². The van der Waals surface area contributed by atoms with Gasteiger partial charge in [0.15, 0.2) is 0 Å². The summed E-state index contributed by atoms with van der Waals surface area (Å²) in [6.45, 7) is 4.05. The molecule has 2 rings (SSSR count). The fourth-order valence-corrected chi connectivity index (χ4v) is 4.13. The van der Waals surface area contributed by atoms with Gasteiger partial charge in [-0.25, -0.2) is 8.42 Å². The van der Waals surface area contributed by atoms with Gasteiger partial charge in [0.25, 0.3) is 0 Å². The highest BCUT2D eigenvalue weighted by Crippen LogP contribution is 2.25. The van der Waals surface area contributed by atoms with E-state index in [1.165, 1.54) is 22.5 Å². The lowest BCUT2D eigenvalue weighted by atomic mass is 10.2. The van der Waals surface area contributed by atoms with Crippen molar-refractivity contribution in [3.63, 3.8) is 0 Å². The van der Waals surface area contributed by atoms with Crippen LogP contribution in [0.25, 0.3) is 0 Å². The summed E-state index contributed by atoms with van der Waals surface area (Å²) in [6, 6.07) is 4.37. The van der Waals surface area contributed by atoms with Gasteiger partial charge in [0.05, 0.1) is 23.7 Å². The SMILES string of the molecule is C[C@@H]1CN(S(=O)(=O)c2ccc(Cl)c(CO)c2)C[C@H](C)O1. The van der Waals surface area contributed by atoms with E-state index in [2.05, 4.69) is 0 Å². The quantitative estimate of drug-likeness (QED) is 0.919. The third-order valence-electron chi connectivity index (χ3n) is 3.21. The maximum absolute atomic E-state index is 12.6. The molecule has 1 aromatic rings. The lowest BCUT2D eigenvalue weighted by molar-refractivity contribution is -0.0440. The van der Waals surface area contributed by atoms with Crippen LogP contribution in [0.5, 0.6) is 0 Å². The van der Waals surface area contributed by atoms with Gasteiger partial charge in [-0.2, -0.15) is 4.31 Å². The molecular weight excluding hydrogens is 302 g/mol. The van der Waals surface area contributed by atoms with Gasteiger partial charge in [-0.05, 0) is 37.6 Å². The van der Waals surface area contributed by atoms with Crippen LogP contribution in [0.2, 0.25) is 5.02 Å². The van der Waals surface area contributed by atoms with Crippen molar-refractivity contribution < 1.29 is 18.3 Å². The molecule has 1 aliphatic rings. The molecule has 5 nitrogen and oxygen atoms in total. The average molecular weight is 320 g/mol. The minimum atomic E-state index is -3.59. The summed E-state index contributed by atoms with van der Waals surface area (Å²) in [7, 11) is -3.59. The molecular formula is C13H18ClNO4S. The van der Waals surface area contributed by atoms with E-state index in [-0.39, 0.29) is 23.7 Å². The van der Waals surface area contributed by atoms with Crippen LogP contribution in [-0.4, -0.2) is 43.1 Å². The number of aliphatic hydroxyl groups excluding tert-OH is 1. The van der Waals surface area contributed by atoms with Gasteiger partial charge >= 0.3 is 0 Å². The minimum Gasteiger partial charge on any atom is -0.392 e. The van der Waals surface area contributed by atoms with Gasteiger partial charge in [-0.1, -0.05) is 11.6 Å². The number of hydrogen-bond acceptors (Lipinski definition) is 4. The van der Waals surface area contributed by atoms with E-state index in [0.29, 0.717) is 23.7 Å². The predicted octanol–water partition coefficient (Wildman–Crippen LogP) is 1.63. The molecule has 1 fully saturated rings. The van der Waals surface area contributed by atoms with Crippen molar-refractivity contribution in [3.05, 3.63) is 28.8 Å². The van der Waals surface area contributed by atoms with Crippen LogP contribution in [0.3, 0.4) is 0 Å². The molecule has 20 heavy (non-hydrogen) atoms. The summed E-state index contributed by atoms with van der Waals surface area (Å²) in [6.07, 6.45) is -0.281. The summed E-state index contributed by atoms with van der Waals surface area (Å²) in [5, 5.41) is 9.55. The van der Waals surface area contributed by atoms with Crippen LogP contribution in [0.15, 0.2) is 23.1 Å². The van der Waals surface area contributed by atoms with Gasteiger partial charge in [0.2, 0.25) is 10.0 Å². The monoisotopic (exact) mass is 319 g/mol. The first-order valence-corrected chi connectivity index (χ1v) is 8.21. The van der Waals surface area contributed by atoms with E-state index in [4.69, 9.17) is 16.3 Å². The van der Waals surface area contributed by atoms with E-state index in [0.717, 1.165) is 0 Å². The molecule has 1 N–H and O–H groups in total. The zero-order valence-corrected chi connectivity index (χ0v) is 13.0. The lowest BCUT2D eigenvalue weighted by Gasteiger charge is -2.34. The largest absolute Gasteiger partial charge is 0.392 e. The van der Waals surface area contributed by atoms with E-state index in [1.54, 1.807) is 0 Å². The average Bonchev–Trinajstić information content (AvgIpc) is 2.37. The van der Waals surface area contributed by atoms with E-state index in [1.807, 2.05) is 13.8 Å². The number of morpholine rings is 1. The van der Waals surface area contributed by atoms with Crippen LogP contribution in [0.4, 0.5) is 0 Å². The summed E-state index contributed by atoms with van der Waals surface area (Å²) in [4.78, 5) is 0.146. The Balaban J connectivity index is 2.34. The first-order valence-electron chi connectivity index (χ1n) is 6.39. The second-order valence-electron chi connectivity index (χ2n) is 4.99. The summed E-state index contributed by atoms with van der Waals surface area (Å²) in [5.74, 6) is 0. The number of nitrogens with zero attached hydrogens (tertiary/aromatic N) is 1. The Labute approximate surface area is 124 Å². The Morgan fingerprint density at radius 1 is 1.35 bits per heavy atom. The van der Waals surface area contributed by atoms with Gasteiger partial charge < -0.3 is 9.84 Å². The molecule has 0 radical (unpaired) electrons. The van der Waals surface area contributed by atoms with Crippen LogP contribution in [0.1, 0.15) is 19.4 Å². The Kier molecular flexibility index (Phi) is 4.71. The predicted molar refractivity (Wildman–Crippen MR) is 76.1 cm³/mol. The molecule has 0 saturated carbocycles. The van der Waals surface area contributed by atoms with Gasteiger partial charge in [0.1, 0.15) is 0 Å². The van der Waals surface area contributed by atoms with Crippen LogP contribution >= 0.6 is 11.6 Å². The molecule has 1 aliphatic heterocycles. The second kappa shape index (κ2) is 5.99. The molecule has 7 heteroatoms. The zero-order chi connectivity index (χ0) is 14.9. The Bertz CT molecular complexity index is 580. The lowest BCUT2D eigenvalue weighted by Crippen LogP contribution is -2.48. The van der Waals surface area contributed by atoms with Crippen molar-refractivity contribution in [2.45, 2.75) is 37.6 Å². The van der Waals surface area contributed by atoms with Gasteiger partial charge in [-0.15, -0.1) is 0 Å². The number of benzene rings is 1. The minimum absolute atomic E-state index is 0.141. The summed E-state index contributed by atoms with van der Waals surface area (Å²) >= 11 is 5.89. The number of ether oxygens (including phenoxy) is 1. The molecule has 2 atom stereocenters. The Morgan fingerprint density at radius 3 is 2.50 bits per heavy atom. The van der Waals surface area contributed by atoms with E-state index < -0.39 is 10.0 Å². The third kappa shape index (κ3) is 3.15. The van der Waals surface area contributed by atoms with Crippen molar-refractivity contribution in [3.8, 4) is 0 Å². The summed E-state index contributed by atoms with van der Waals surface area (Å²) < 4.78 is 32.2. The van der Waals surface area contributed by atoms with Crippen molar-refractivity contribution in [2.24, 2.45) is 0 Å². The van der Waals surface area contributed by atoms with Gasteiger partial charge in [-0.3, -0.25) is 0 Å². The molecule has 0 spiro atoms. The normalized spacial score (nSPS) is 24.8. The fourth-order valence-electron chi connectivity index (χ4n) is 2.31. The fraction of sp³-hybridized carbons (Fsp3) is 0.538. The van der Waals surface area contributed by atoms with Crippen LogP contribution < -0.4 is 0 Å². The van der Waals surface area contributed by atoms with E-state index >= 15 is 0 Å². The molecule has 0 aliphatic carbocycles. The molecule has 0 amide bonds. The highest BCUT2D eigenvalue weighted by molar-refractivity contribution is 7.89. The number of hydrogen-bond donors (Lipinski definition) is 1. The number of halogens is 1. The number of rotatable bonds is 3. The molecule has 112 valence electrons. The highest BCUT2D eigenvalue weighted by atomic mass is 35.5. The smallest absolute Gasteiger partial charge is 0.243 e. The number of aliphatic hydroxyl groups is 1. The topological polar surface area (TPSA) is 66.8 Å². The second-order valence-corrected chi connectivity index (χ2v) is 7.34. The molecule has 1 heterocycles. The molecule has 0 unspecified atom stereocenters. The van der Waals surface area contributed by atoms with Crippen molar-refractivity contribution >= 4 is 21.6 Å². The Morgan fingerprint density at radius 2 is 1.95 bits per heavy atom. The van der Waals surface area contributed by atoms with Crippen molar-refractivity contribution in [1.82, 2.24) is 4.31 Å². The molecule has 0 bridgehead atoms. The first-order chi connectivity index (χ1) is 9.34. The highest BCUT2D eigenvalue weighted by Gasteiger charge is 2.32. The standard InChI is InChI=1S/C13H18ClNO4S/c1-9-6-15(7-10(2)19-9)20(17,18)12-3-4-13(14)11(5-12)8-16/h3-5,9-10,16H,6-8H2,1-2H3/t9-,10+. The van der Waals surface area contributed by atoms with Crippen molar-refractivity contribution in [1.29, 1.82) is 0 Å². The molecule has 0 aromatic heterocycles. The van der Waals surface area contributed by atoms with Crippen LogP contribution in [0, 0.1) is 0 Å². The number of sulfonamides is 1. The Hall–Kier alpha value is -0.660. The van der Waals surface area contributed by atoms with E-state index in [9.17, 15) is 13.5 Å². The first kappa shape index (κ1) is 15.7. The zero-order valence-electron chi connectivity index (χ0n) is 11.4. The molecule has 1 saturated heterocycles. The summed E-state index contributed by atoms with van der Waals surface area (Å²) in [5.41, 5.74) is 0.405. The maximum atomic E-state index is 12.6. The van der Waals surface area contributed by atoms with Crippen LogP contribution in [-0.2, 0) is 21.4 Å².